The van der Waals surface area contributed by atoms with Crippen LogP contribution in [0.4, 0.5) is 4.79 Å². The highest BCUT2D eigenvalue weighted by molar-refractivity contribution is 5.79. The summed E-state index contributed by atoms with van der Waals surface area (Å²) < 4.78 is 5.49. The van der Waals surface area contributed by atoms with Gasteiger partial charge in [0.2, 0.25) is 5.91 Å². The Morgan fingerprint density at radius 3 is 2.16 bits per heavy atom. The maximum atomic E-state index is 12.2. The number of aliphatic carboxylic acids is 1. The number of amides is 2. The van der Waals surface area contributed by atoms with E-state index in [4.69, 9.17) is 9.84 Å². The number of carboxylic acids is 1. The second-order valence-corrected chi connectivity index (χ2v) is 8.39. The maximum Gasteiger partial charge on any atom is 0.407 e. The molecule has 0 spiro atoms. The van der Waals surface area contributed by atoms with Crippen LogP contribution in [0, 0.1) is 11.8 Å². The van der Waals surface area contributed by atoms with Crippen LogP contribution in [0.5, 0.6) is 0 Å². The molecular formula is C25H30N2O5. The molecule has 7 heteroatoms. The highest BCUT2D eigenvalue weighted by Crippen LogP contribution is 2.44. The van der Waals surface area contributed by atoms with Crippen molar-refractivity contribution in [3.8, 4) is 11.1 Å². The highest BCUT2D eigenvalue weighted by atomic mass is 16.5. The predicted molar refractivity (Wildman–Crippen MR) is 121 cm³/mol. The van der Waals surface area contributed by atoms with E-state index in [1.165, 1.54) is 11.1 Å². The summed E-state index contributed by atoms with van der Waals surface area (Å²) in [6, 6.07) is 16.3. The fourth-order valence-corrected chi connectivity index (χ4v) is 3.99. The van der Waals surface area contributed by atoms with Gasteiger partial charge in [-0.1, -0.05) is 62.4 Å². The lowest BCUT2D eigenvalue weighted by atomic mass is 9.98. The van der Waals surface area contributed by atoms with Crippen LogP contribution in [0.15, 0.2) is 48.5 Å². The molecule has 3 rings (SSSR count). The van der Waals surface area contributed by atoms with Crippen LogP contribution >= 0.6 is 0 Å². The second-order valence-electron chi connectivity index (χ2n) is 8.39. The number of carboxylic acid groups (broad SMARTS) is 1. The van der Waals surface area contributed by atoms with E-state index in [9.17, 15) is 14.4 Å². The number of benzene rings is 2. The third kappa shape index (κ3) is 5.87. The van der Waals surface area contributed by atoms with Gasteiger partial charge in [0.25, 0.3) is 0 Å². The van der Waals surface area contributed by atoms with Crippen molar-refractivity contribution < 1.29 is 24.2 Å². The van der Waals surface area contributed by atoms with Crippen LogP contribution in [0.1, 0.15) is 43.7 Å². The van der Waals surface area contributed by atoms with Gasteiger partial charge in [0, 0.05) is 31.3 Å². The van der Waals surface area contributed by atoms with Gasteiger partial charge in [-0.3, -0.25) is 9.59 Å². The molecule has 0 bridgehead atoms. The molecular weight excluding hydrogens is 408 g/mol. The third-order valence-electron chi connectivity index (χ3n) is 5.79. The van der Waals surface area contributed by atoms with E-state index in [-0.39, 0.29) is 36.7 Å². The number of rotatable bonds is 10. The highest BCUT2D eigenvalue weighted by Gasteiger charge is 2.29. The zero-order valence-electron chi connectivity index (χ0n) is 18.5. The van der Waals surface area contributed by atoms with Crippen molar-refractivity contribution in [3.05, 3.63) is 59.7 Å². The van der Waals surface area contributed by atoms with Crippen molar-refractivity contribution in [2.24, 2.45) is 11.8 Å². The molecule has 2 amide bonds. The number of alkyl carbamates (subject to hydrolysis) is 1. The van der Waals surface area contributed by atoms with Crippen LogP contribution in [0.3, 0.4) is 0 Å². The first-order valence-electron chi connectivity index (χ1n) is 10.9. The number of ether oxygens (including phenoxy) is 1. The average Bonchev–Trinajstić information content (AvgIpc) is 3.09. The number of hydrogen-bond donors (Lipinski definition) is 3. The molecule has 0 radical (unpaired) electrons. The minimum absolute atomic E-state index is 0.00523. The van der Waals surface area contributed by atoms with Gasteiger partial charge in [-0.25, -0.2) is 4.79 Å². The van der Waals surface area contributed by atoms with E-state index in [0.717, 1.165) is 11.1 Å². The van der Waals surface area contributed by atoms with Crippen LogP contribution in [0.25, 0.3) is 11.1 Å². The van der Waals surface area contributed by atoms with E-state index in [0.29, 0.717) is 19.5 Å². The molecule has 0 saturated carbocycles. The quantitative estimate of drug-likeness (QED) is 0.524. The van der Waals surface area contributed by atoms with Crippen LogP contribution in [0.2, 0.25) is 0 Å². The summed E-state index contributed by atoms with van der Waals surface area (Å²) in [6.07, 6.45) is -0.0315. The topological polar surface area (TPSA) is 105 Å². The second kappa shape index (κ2) is 10.8. The zero-order valence-corrected chi connectivity index (χ0v) is 18.5. The summed E-state index contributed by atoms with van der Waals surface area (Å²) >= 11 is 0. The molecule has 7 nitrogen and oxygen atoms in total. The summed E-state index contributed by atoms with van der Waals surface area (Å²) in [7, 11) is 0. The van der Waals surface area contributed by atoms with E-state index >= 15 is 0 Å². The van der Waals surface area contributed by atoms with Gasteiger partial charge in [0.15, 0.2) is 0 Å². The maximum absolute atomic E-state index is 12.2. The molecule has 3 N–H and O–H groups in total. The largest absolute Gasteiger partial charge is 0.481 e. The van der Waals surface area contributed by atoms with Gasteiger partial charge in [-0.15, -0.1) is 0 Å². The Hall–Kier alpha value is -3.35. The van der Waals surface area contributed by atoms with Crippen LogP contribution in [-0.4, -0.2) is 42.8 Å². The Bertz CT molecular complexity index is 929. The van der Waals surface area contributed by atoms with Crippen molar-refractivity contribution in [3.63, 3.8) is 0 Å². The lowest BCUT2D eigenvalue weighted by Crippen LogP contribution is -2.35. The molecule has 170 valence electrons. The monoisotopic (exact) mass is 438 g/mol. The van der Waals surface area contributed by atoms with Crippen molar-refractivity contribution in [1.82, 2.24) is 10.6 Å². The van der Waals surface area contributed by atoms with Crippen LogP contribution in [-0.2, 0) is 14.3 Å². The van der Waals surface area contributed by atoms with E-state index in [1.807, 2.05) is 24.3 Å². The van der Waals surface area contributed by atoms with Gasteiger partial charge < -0.3 is 20.5 Å². The Morgan fingerprint density at radius 1 is 0.969 bits per heavy atom. The third-order valence-corrected chi connectivity index (χ3v) is 5.79. The van der Waals surface area contributed by atoms with Gasteiger partial charge >= 0.3 is 12.1 Å². The molecule has 0 aromatic heterocycles. The Labute approximate surface area is 188 Å². The van der Waals surface area contributed by atoms with Gasteiger partial charge in [0.1, 0.15) is 6.61 Å². The summed E-state index contributed by atoms with van der Waals surface area (Å²) in [4.78, 5) is 35.0. The number of carbonyl (C=O) groups excluding carboxylic acids is 2. The van der Waals surface area contributed by atoms with E-state index in [1.54, 1.807) is 13.8 Å². The SMILES string of the molecule is CC(CNC(=O)C(C)CCNC(=O)OCC1c2ccccc2-c2ccccc21)CC(=O)O. The lowest BCUT2D eigenvalue weighted by Gasteiger charge is -2.16. The zero-order chi connectivity index (χ0) is 23.1. The Morgan fingerprint density at radius 2 is 1.56 bits per heavy atom. The summed E-state index contributed by atoms with van der Waals surface area (Å²) in [6.45, 7) is 4.43. The molecule has 2 atom stereocenters. The Balaban J connectivity index is 1.41. The summed E-state index contributed by atoms with van der Waals surface area (Å²) in [5, 5.41) is 14.2. The van der Waals surface area contributed by atoms with E-state index < -0.39 is 12.1 Å². The molecule has 0 heterocycles. The van der Waals surface area contributed by atoms with Gasteiger partial charge in [-0.2, -0.15) is 0 Å². The molecule has 2 aromatic rings. The Kier molecular flexibility index (Phi) is 7.87. The molecule has 32 heavy (non-hydrogen) atoms. The first kappa shape index (κ1) is 23.3. The fraction of sp³-hybridized carbons (Fsp3) is 0.400. The van der Waals surface area contributed by atoms with E-state index in [2.05, 4.69) is 34.9 Å². The molecule has 0 fully saturated rings. The van der Waals surface area contributed by atoms with Crippen molar-refractivity contribution in [1.29, 1.82) is 0 Å². The summed E-state index contributed by atoms with van der Waals surface area (Å²) in [5.41, 5.74) is 4.66. The molecule has 2 aromatic carbocycles. The fourth-order valence-electron chi connectivity index (χ4n) is 3.99. The van der Waals surface area contributed by atoms with Gasteiger partial charge in [0.05, 0.1) is 0 Å². The minimum Gasteiger partial charge on any atom is -0.481 e. The summed E-state index contributed by atoms with van der Waals surface area (Å²) in [5.74, 6) is -1.47. The van der Waals surface area contributed by atoms with Gasteiger partial charge in [-0.05, 0) is 34.6 Å². The molecule has 1 aliphatic rings. The standard InChI is InChI=1S/C25H30N2O5/c1-16(13-23(28)29)14-27-24(30)17(2)11-12-26-25(31)32-15-22-20-9-5-3-7-18(20)19-8-4-6-10-21(19)22/h3-10,16-17,22H,11-15H2,1-2H3,(H,26,31)(H,27,30)(H,28,29). The smallest absolute Gasteiger partial charge is 0.407 e. The van der Waals surface area contributed by atoms with Crippen LogP contribution < -0.4 is 10.6 Å². The van der Waals surface area contributed by atoms with Crippen molar-refractivity contribution in [2.75, 3.05) is 19.7 Å². The number of fused-ring (bicyclic) bond motifs is 3. The average molecular weight is 439 g/mol. The first-order valence-corrected chi connectivity index (χ1v) is 10.9. The predicted octanol–water partition coefficient (Wildman–Crippen LogP) is 3.78. The number of hydrogen-bond acceptors (Lipinski definition) is 4. The molecule has 2 unspecified atom stereocenters. The minimum atomic E-state index is -0.882. The number of carbonyl (C=O) groups is 3. The molecule has 1 aliphatic carbocycles. The molecule has 0 saturated heterocycles. The van der Waals surface area contributed by atoms with Crippen molar-refractivity contribution >= 4 is 18.0 Å². The normalized spacial score (nSPS) is 14.1. The van der Waals surface area contributed by atoms with Crippen molar-refractivity contribution in [2.45, 2.75) is 32.6 Å². The lowest BCUT2D eigenvalue weighted by molar-refractivity contribution is -0.138. The first-order chi connectivity index (χ1) is 15.4. The number of nitrogens with one attached hydrogen (secondary N) is 2. The molecule has 0 aliphatic heterocycles.